The summed E-state index contributed by atoms with van der Waals surface area (Å²) >= 11 is 0. The van der Waals surface area contributed by atoms with E-state index in [1.54, 1.807) is 0 Å². The Kier molecular flexibility index (Phi) is 7.80. The molecule has 0 amide bonds. The van der Waals surface area contributed by atoms with Crippen LogP contribution in [0.5, 0.6) is 0 Å². The van der Waals surface area contributed by atoms with Gasteiger partial charge < -0.3 is 13.4 Å². The summed E-state index contributed by atoms with van der Waals surface area (Å²) in [5.74, 6) is 1.75. The van der Waals surface area contributed by atoms with Crippen molar-refractivity contribution in [1.29, 1.82) is 0 Å². The fourth-order valence-electron chi connectivity index (χ4n) is 9.41. The van der Waals surface area contributed by atoms with Gasteiger partial charge in [-0.25, -0.2) is 15.0 Å². The van der Waals surface area contributed by atoms with Gasteiger partial charge in [-0.15, -0.1) is 0 Å². The third-order valence-electron chi connectivity index (χ3n) is 12.3. The van der Waals surface area contributed by atoms with Crippen LogP contribution in [0.25, 0.3) is 128 Å². The van der Waals surface area contributed by atoms with Crippen LogP contribution in [0, 0.1) is 0 Å². The zero-order chi connectivity index (χ0) is 41.4. The monoisotopic (exact) mass is 806 g/mol. The van der Waals surface area contributed by atoms with Gasteiger partial charge in [-0.05, 0) is 65.2 Å². The highest BCUT2D eigenvalue weighted by Crippen LogP contribution is 2.43. The number of benzene rings is 9. The van der Waals surface area contributed by atoms with E-state index >= 15 is 0 Å². The summed E-state index contributed by atoms with van der Waals surface area (Å²) < 4.78 is 15.3. The first-order chi connectivity index (χ1) is 31.2. The van der Waals surface area contributed by atoms with E-state index < -0.39 is 0 Å². The predicted octanol–water partition coefficient (Wildman–Crippen LogP) is 15.1. The lowest BCUT2D eigenvalue weighted by Gasteiger charge is -2.10. The second-order valence-electron chi connectivity index (χ2n) is 15.9. The Hall–Kier alpha value is -8.61. The first-order valence-corrected chi connectivity index (χ1v) is 21.1. The lowest BCUT2D eigenvalue weighted by Crippen LogP contribution is -2.00. The summed E-state index contributed by atoms with van der Waals surface area (Å²) in [4.78, 5) is 15.5. The minimum atomic E-state index is 0.571. The summed E-state index contributed by atoms with van der Waals surface area (Å²) in [5, 5.41) is 6.57. The van der Waals surface area contributed by atoms with Crippen LogP contribution in [-0.4, -0.2) is 19.5 Å². The number of para-hydroxylation sites is 4. The van der Waals surface area contributed by atoms with E-state index in [9.17, 15) is 0 Å². The first kappa shape index (κ1) is 35.2. The van der Waals surface area contributed by atoms with Crippen LogP contribution in [-0.2, 0) is 0 Å². The quantitative estimate of drug-likeness (QED) is 0.167. The van der Waals surface area contributed by atoms with E-state index in [4.69, 9.17) is 23.8 Å². The standard InChI is InChI=1S/C57H34N4O2/c1-3-14-36(15-4-1)55-58-56(37-30-28-35(29-31-37)41-21-11-22-43-42-18-8-10-26-49(42)63-54(41)43)60-57(59-55)45-23-13-27-51-53(45)46-34-38(32-33-50(46)62-51)40-20-12-25-48-52(40)44-19-7-9-24-47(44)61(48)39-16-5-2-6-17-39/h1-34H. The number of hydrogen-bond acceptors (Lipinski definition) is 5. The highest BCUT2D eigenvalue weighted by Gasteiger charge is 2.21. The molecule has 9 aromatic carbocycles. The van der Waals surface area contributed by atoms with E-state index in [0.717, 1.165) is 94.0 Å². The van der Waals surface area contributed by atoms with Crippen molar-refractivity contribution in [1.82, 2.24) is 19.5 Å². The van der Waals surface area contributed by atoms with Crippen molar-refractivity contribution < 1.29 is 8.83 Å². The van der Waals surface area contributed by atoms with Crippen molar-refractivity contribution >= 4 is 65.7 Å². The summed E-state index contributed by atoms with van der Waals surface area (Å²) in [7, 11) is 0. The van der Waals surface area contributed by atoms with E-state index in [1.165, 1.54) is 16.3 Å². The third kappa shape index (κ3) is 5.62. The molecule has 6 nitrogen and oxygen atoms in total. The van der Waals surface area contributed by atoms with Gasteiger partial charge in [0, 0.05) is 60.3 Å². The molecule has 294 valence electrons. The second kappa shape index (κ2) is 14.0. The zero-order valence-electron chi connectivity index (χ0n) is 33.7. The van der Waals surface area contributed by atoms with Gasteiger partial charge in [0.2, 0.25) is 0 Å². The van der Waals surface area contributed by atoms with Crippen LogP contribution in [0.3, 0.4) is 0 Å². The van der Waals surface area contributed by atoms with Gasteiger partial charge >= 0.3 is 0 Å². The fourth-order valence-corrected chi connectivity index (χ4v) is 9.41. The number of aromatic nitrogens is 4. The number of fused-ring (bicyclic) bond motifs is 9. The number of rotatable bonds is 6. The third-order valence-corrected chi connectivity index (χ3v) is 12.3. The molecule has 0 aliphatic carbocycles. The molecule has 0 aliphatic heterocycles. The molecular weight excluding hydrogens is 773 g/mol. The molecule has 13 aromatic rings. The molecule has 63 heavy (non-hydrogen) atoms. The van der Waals surface area contributed by atoms with Crippen LogP contribution in [0.1, 0.15) is 0 Å². The summed E-state index contributed by atoms with van der Waals surface area (Å²) in [6, 6.07) is 71.5. The normalized spacial score (nSPS) is 11.8. The molecule has 0 saturated carbocycles. The van der Waals surface area contributed by atoms with Crippen molar-refractivity contribution in [3.8, 4) is 62.1 Å². The molecule has 4 aromatic heterocycles. The molecule has 0 spiro atoms. The van der Waals surface area contributed by atoms with Crippen LogP contribution in [0.4, 0.5) is 0 Å². The molecule has 0 fully saturated rings. The molecule has 0 N–H and O–H groups in total. The maximum Gasteiger partial charge on any atom is 0.164 e. The molecule has 13 rings (SSSR count). The topological polar surface area (TPSA) is 69.9 Å². The maximum absolute atomic E-state index is 6.58. The Morgan fingerprint density at radius 1 is 0.317 bits per heavy atom. The van der Waals surface area contributed by atoms with E-state index in [1.807, 2.05) is 60.7 Å². The molecule has 0 bridgehead atoms. The van der Waals surface area contributed by atoms with Crippen molar-refractivity contribution in [3.63, 3.8) is 0 Å². The average molecular weight is 807 g/mol. The van der Waals surface area contributed by atoms with Gasteiger partial charge in [-0.3, -0.25) is 0 Å². The summed E-state index contributed by atoms with van der Waals surface area (Å²) in [5.41, 5.74) is 13.8. The van der Waals surface area contributed by atoms with Gasteiger partial charge in [0.1, 0.15) is 22.3 Å². The summed E-state index contributed by atoms with van der Waals surface area (Å²) in [6.07, 6.45) is 0. The maximum atomic E-state index is 6.58. The minimum absolute atomic E-state index is 0.571. The lowest BCUT2D eigenvalue weighted by atomic mass is 9.97. The Labute approximate surface area is 361 Å². The lowest BCUT2D eigenvalue weighted by molar-refractivity contribution is 0.669. The molecular formula is C57H34N4O2. The Balaban J connectivity index is 0.967. The molecule has 6 heteroatoms. The van der Waals surface area contributed by atoms with E-state index in [0.29, 0.717) is 17.5 Å². The van der Waals surface area contributed by atoms with Crippen molar-refractivity contribution in [2.24, 2.45) is 0 Å². The molecule has 0 radical (unpaired) electrons. The predicted molar refractivity (Wildman–Crippen MR) is 256 cm³/mol. The van der Waals surface area contributed by atoms with Gasteiger partial charge in [-0.1, -0.05) is 158 Å². The van der Waals surface area contributed by atoms with Crippen LogP contribution >= 0.6 is 0 Å². The molecule has 0 unspecified atom stereocenters. The number of furan rings is 2. The SMILES string of the molecule is c1ccc(-c2nc(-c3ccc(-c4cccc5c4oc4ccccc45)cc3)nc(-c3cccc4oc5ccc(-c6cccc7c6c6ccccc6n7-c6ccccc6)cc5c34)n2)cc1. The van der Waals surface area contributed by atoms with Crippen molar-refractivity contribution in [2.75, 3.05) is 0 Å². The summed E-state index contributed by atoms with van der Waals surface area (Å²) in [6.45, 7) is 0. The highest BCUT2D eigenvalue weighted by atomic mass is 16.3. The van der Waals surface area contributed by atoms with Crippen LogP contribution < -0.4 is 0 Å². The van der Waals surface area contributed by atoms with Crippen LogP contribution in [0.2, 0.25) is 0 Å². The largest absolute Gasteiger partial charge is 0.456 e. The molecule has 0 atom stereocenters. The number of nitrogens with zero attached hydrogens (tertiary/aromatic N) is 4. The smallest absolute Gasteiger partial charge is 0.164 e. The van der Waals surface area contributed by atoms with Gasteiger partial charge in [0.05, 0.1) is 11.0 Å². The molecule has 4 heterocycles. The van der Waals surface area contributed by atoms with Crippen molar-refractivity contribution in [3.05, 3.63) is 206 Å². The fraction of sp³-hybridized carbons (Fsp3) is 0. The van der Waals surface area contributed by atoms with Crippen molar-refractivity contribution in [2.45, 2.75) is 0 Å². The van der Waals surface area contributed by atoms with E-state index in [2.05, 4.69) is 150 Å². The first-order valence-electron chi connectivity index (χ1n) is 21.1. The van der Waals surface area contributed by atoms with Gasteiger partial charge in [-0.2, -0.15) is 0 Å². The Bertz CT molecular complexity index is 3900. The minimum Gasteiger partial charge on any atom is -0.456 e. The molecule has 0 saturated heterocycles. The highest BCUT2D eigenvalue weighted by molar-refractivity contribution is 6.18. The second-order valence-corrected chi connectivity index (χ2v) is 15.9. The van der Waals surface area contributed by atoms with Crippen LogP contribution in [0.15, 0.2) is 215 Å². The van der Waals surface area contributed by atoms with Gasteiger partial charge in [0.25, 0.3) is 0 Å². The number of hydrogen-bond donors (Lipinski definition) is 0. The zero-order valence-corrected chi connectivity index (χ0v) is 33.7. The molecule has 0 aliphatic rings. The Morgan fingerprint density at radius 2 is 0.889 bits per heavy atom. The average Bonchev–Trinajstić information content (AvgIpc) is 4.04. The van der Waals surface area contributed by atoms with E-state index in [-0.39, 0.29) is 0 Å². The Morgan fingerprint density at radius 3 is 1.73 bits per heavy atom. The van der Waals surface area contributed by atoms with Gasteiger partial charge in [0.15, 0.2) is 17.5 Å².